The normalized spacial score (nSPS) is 10.3. The van der Waals surface area contributed by atoms with Crippen molar-refractivity contribution in [2.45, 2.75) is 13.8 Å². The number of benzene rings is 2. The molecular weight excluding hydrogens is 271 g/mol. The number of nitrogens with two attached hydrogens (primary N) is 1. The summed E-state index contributed by atoms with van der Waals surface area (Å²) in [7, 11) is 1.31. The minimum atomic E-state index is -0.491. The van der Waals surface area contributed by atoms with Crippen LogP contribution in [0.2, 0.25) is 0 Å². The fourth-order valence-corrected chi connectivity index (χ4v) is 2.07. The summed E-state index contributed by atoms with van der Waals surface area (Å²) in [5.41, 5.74) is 9.57. The van der Waals surface area contributed by atoms with Crippen molar-refractivity contribution in [1.29, 1.82) is 0 Å². The molecule has 2 rings (SSSR count). The average Bonchev–Trinajstić information content (AvgIpc) is 2.44. The average molecular weight is 288 g/mol. The summed E-state index contributed by atoms with van der Waals surface area (Å²) in [6, 6.07) is 7.91. The summed E-state index contributed by atoms with van der Waals surface area (Å²) in [5, 5.41) is 3.16. The molecule has 21 heavy (non-hydrogen) atoms. The van der Waals surface area contributed by atoms with Gasteiger partial charge in [-0.05, 0) is 55.3 Å². The van der Waals surface area contributed by atoms with E-state index in [-0.39, 0.29) is 5.82 Å². The Balaban J connectivity index is 2.40. The molecule has 0 saturated carbocycles. The van der Waals surface area contributed by atoms with Crippen molar-refractivity contribution in [3.8, 4) is 0 Å². The van der Waals surface area contributed by atoms with Gasteiger partial charge in [-0.1, -0.05) is 0 Å². The van der Waals surface area contributed by atoms with Gasteiger partial charge in [0.1, 0.15) is 5.82 Å². The molecule has 0 radical (unpaired) electrons. The van der Waals surface area contributed by atoms with Gasteiger partial charge in [-0.2, -0.15) is 0 Å². The number of esters is 1. The first-order valence-electron chi connectivity index (χ1n) is 6.44. The van der Waals surface area contributed by atoms with Crippen LogP contribution in [0.4, 0.5) is 21.5 Å². The molecule has 0 aromatic heterocycles. The lowest BCUT2D eigenvalue weighted by Gasteiger charge is -2.14. The van der Waals surface area contributed by atoms with Crippen LogP contribution in [0, 0.1) is 19.7 Å². The van der Waals surface area contributed by atoms with E-state index in [0.29, 0.717) is 16.9 Å². The minimum absolute atomic E-state index is 0.290. The molecule has 110 valence electrons. The Bertz CT molecular complexity index is 699. The Hall–Kier alpha value is -2.56. The van der Waals surface area contributed by atoms with Crippen LogP contribution in [-0.4, -0.2) is 13.1 Å². The number of nitrogens with one attached hydrogen (secondary N) is 1. The minimum Gasteiger partial charge on any atom is -0.465 e. The van der Waals surface area contributed by atoms with Crippen molar-refractivity contribution in [1.82, 2.24) is 0 Å². The molecule has 0 spiro atoms. The second kappa shape index (κ2) is 5.83. The monoisotopic (exact) mass is 288 g/mol. The summed E-state index contributed by atoms with van der Waals surface area (Å²) in [6.45, 7) is 3.61. The molecule has 0 unspecified atom stereocenters. The molecule has 0 aliphatic carbocycles. The van der Waals surface area contributed by atoms with Crippen molar-refractivity contribution in [3.05, 3.63) is 52.8 Å². The van der Waals surface area contributed by atoms with Gasteiger partial charge < -0.3 is 15.8 Å². The fourth-order valence-electron chi connectivity index (χ4n) is 2.07. The van der Waals surface area contributed by atoms with Gasteiger partial charge in [0, 0.05) is 17.1 Å². The Labute approximate surface area is 122 Å². The zero-order valence-corrected chi connectivity index (χ0v) is 12.2. The van der Waals surface area contributed by atoms with Gasteiger partial charge in [0.2, 0.25) is 0 Å². The Morgan fingerprint density at radius 2 is 1.90 bits per heavy atom. The molecule has 0 heterocycles. The van der Waals surface area contributed by atoms with Crippen molar-refractivity contribution >= 4 is 23.0 Å². The Morgan fingerprint density at radius 3 is 2.52 bits per heavy atom. The number of carbonyl (C=O) groups is 1. The van der Waals surface area contributed by atoms with Gasteiger partial charge in [-0.25, -0.2) is 9.18 Å². The van der Waals surface area contributed by atoms with Crippen LogP contribution in [-0.2, 0) is 4.74 Å². The quantitative estimate of drug-likeness (QED) is 0.669. The maximum atomic E-state index is 13.1. The lowest BCUT2D eigenvalue weighted by atomic mass is 10.1. The summed E-state index contributed by atoms with van der Waals surface area (Å²) in [4.78, 5) is 11.7. The highest BCUT2D eigenvalue weighted by Gasteiger charge is 2.14. The molecule has 0 aliphatic heterocycles. The van der Waals surface area contributed by atoms with Crippen molar-refractivity contribution in [2.75, 3.05) is 18.2 Å². The molecule has 4 nitrogen and oxygen atoms in total. The van der Waals surface area contributed by atoms with E-state index < -0.39 is 5.97 Å². The number of nitrogen functional groups attached to an aromatic ring is 1. The van der Waals surface area contributed by atoms with E-state index in [1.54, 1.807) is 19.1 Å². The van der Waals surface area contributed by atoms with Crippen molar-refractivity contribution in [3.63, 3.8) is 0 Å². The summed E-state index contributed by atoms with van der Waals surface area (Å²) in [6.07, 6.45) is 0. The summed E-state index contributed by atoms with van der Waals surface area (Å²) < 4.78 is 17.8. The van der Waals surface area contributed by atoms with Crippen LogP contribution >= 0.6 is 0 Å². The fraction of sp³-hybridized carbons (Fsp3) is 0.188. The SMILES string of the molecule is COC(=O)c1cc(Nc2ccc(F)cc2C)cc(C)c1N. The molecule has 5 heteroatoms. The number of anilines is 3. The smallest absolute Gasteiger partial charge is 0.340 e. The first kappa shape index (κ1) is 14.8. The molecule has 2 aromatic rings. The van der Waals surface area contributed by atoms with Gasteiger partial charge in [0.25, 0.3) is 0 Å². The van der Waals surface area contributed by atoms with Gasteiger partial charge in [-0.15, -0.1) is 0 Å². The van der Waals surface area contributed by atoms with Gasteiger partial charge >= 0.3 is 5.97 Å². The maximum Gasteiger partial charge on any atom is 0.340 e. The van der Waals surface area contributed by atoms with Crippen LogP contribution in [0.3, 0.4) is 0 Å². The van der Waals surface area contributed by atoms with E-state index in [1.165, 1.54) is 19.2 Å². The first-order chi connectivity index (χ1) is 9.92. The lowest BCUT2D eigenvalue weighted by molar-refractivity contribution is 0.0602. The van der Waals surface area contributed by atoms with Gasteiger partial charge in [0.05, 0.1) is 12.7 Å². The maximum absolute atomic E-state index is 13.1. The van der Waals surface area contributed by atoms with E-state index in [4.69, 9.17) is 10.5 Å². The number of carbonyl (C=O) groups excluding carboxylic acids is 1. The number of halogens is 1. The Morgan fingerprint density at radius 1 is 1.19 bits per heavy atom. The number of hydrogen-bond acceptors (Lipinski definition) is 4. The summed E-state index contributed by atoms with van der Waals surface area (Å²) >= 11 is 0. The third-order valence-electron chi connectivity index (χ3n) is 3.26. The van der Waals surface area contributed by atoms with E-state index in [1.807, 2.05) is 13.0 Å². The summed E-state index contributed by atoms with van der Waals surface area (Å²) in [5.74, 6) is -0.781. The number of hydrogen-bond donors (Lipinski definition) is 2. The number of aryl methyl sites for hydroxylation is 2. The standard InChI is InChI=1S/C16H17FN2O2/c1-9-6-11(17)4-5-14(9)19-12-7-10(2)15(18)13(8-12)16(20)21-3/h4-8,19H,18H2,1-3H3. The third kappa shape index (κ3) is 3.13. The number of ether oxygens (including phenoxy) is 1. The van der Waals surface area contributed by atoms with Crippen LogP contribution in [0.15, 0.2) is 30.3 Å². The molecule has 2 aromatic carbocycles. The molecule has 0 saturated heterocycles. The highest BCUT2D eigenvalue weighted by atomic mass is 19.1. The molecule has 0 atom stereocenters. The zero-order valence-electron chi connectivity index (χ0n) is 12.2. The number of rotatable bonds is 3. The van der Waals surface area contributed by atoms with Crippen molar-refractivity contribution in [2.24, 2.45) is 0 Å². The topological polar surface area (TPSA) is 64.3 Å². The molecular formula is C16H17FN2O2. The predicted molar refractivity (Wildman–Crippen MR) is 81.4 cm³/mol. The van der Waals surface area contributed by atoms with Crippen LogP contribution in [0.25, 0.3) is 0 Å². The van der Waals surface area contributed by atoms with Crippen LogP contribution in [0.1, 0.15) is 21.5 Å². The molecule has 0 amide bonds. The van der Waals surface area contributed by atoms with E-state index >= 15 is 0 Å². The molecule has 0 fully saturated rings. The zero-order chi connectivity index (χ0) is 15.6. The van der Waals surface area contributed by atoms with E-state index in [9.17, 15) is 9.18 Å². The van der Waals surface area contributed by atoms with Crippen LogP contribution in [0.5, 0.6) is 0 Å². The second-order valence-corrected chi connectivity index (χ2v) is 4.83. The van der Waals surface area contributed by atoms with Crippen molar-refractivity contribution < 1.29 is 13.9 Å². The highest BCUT2D eigenvalue weighted by Crippen LogP contribution is 2.27. The lowest BCUT2D eigenvalue weighted by Crippen LogP contribution is -2.08. The largest absolute Gasteiger partial charge is 0.465 e. The number of methoxy groups -OCH3 is 1. The third-order valence-corrected chi connectivity index (χ3v) is 3.26. The highest BCUT2D eigenvalue weighted by molar-refractivity contribution is 5.97. The van der Waals surface area contributed by atoms with Gasteiger partial charge in [-0.3, -0.25) is 0 Å². The second-order valence-electron chi connectivity index (χ2n) is 4.83. The molecule has 0 aliphatic rings. The van der Waals surface area contributed by atoms with E-state index in [2.05, 4.69) is 5.32 Å². The predicted octanol–water partition coefficient (Wildman–Crippen LogP) is 3.55. The molecule has 0 bridgehead atoms. The molecule has 3 N–H and O–H groups in total. The van der Waals surface area contributed by atoms with Crippen LogP contribution < -0.4 is 11.1 Å². The van der Waals surface area contributed by atoms with E-state index in [0.717, 1.165) is 16.8 Å². The Kier molecular flexibility index (Phi) is 4.12. The first-order valence-corrected chi connectivity index (χ1v) is 6.44. The van der Waals surface area contributed by atoms with Gasteiger partial charge in [0.15, 0.2) is 0 Å².